The second-order valence-corrected chi connectivity index (χ2v) is 9.78. The molecule has 1 aliphatic carbocycles. The Kier molecular flexibility index (Phi) is 7.54. The van der Waals surface area contributed by atoms with Gasteiger partial charge in [-0.3, -0.25) is 14.5 Å². The number of rotatable bonds is 8. The molecule has 1 heterocycles. The van der Waals surface area contributed by atoms with E-state index in [-0.39, 0.29) is 42.4 Å². The third-order valence-corrected chi connectivity index (χ3v) is 6.67. The Morgan fingerprint density at radius 2 is 1.97 bits per heavy atom. The third-order valence-electron chi connectivity index (χ3n) is 6.67. The van der Waals surface area contributed by atoms with E-state index in [0.29, 0.717) is 30.1 Å². The number of amides is 2. The third kappa shape index (κ3) is 5.77. The Hall–Kier alpha value is -2.90. The van der Waals surface area contributed by atoms with E-state index in [1.165, 1.54) is 5.56 Å². The Morgan fingerprint density at radius 1 is 1.24 bits per heavy atom. The molecular weight excluding hydrogens is 430 g/mol. The van der Waals surface area contributed by atoms with E-state index in [0.717, 1.165) is 19.4 Å². The maximum Gasteiger partial charge on any atom is 0.258 e. The molecule has 1 aliphatic heterocycles. The van der Waals surface area contributed by atoms with Crippen LogP contribution >= 0.6 is 0 Å². The molecule has 7 nitrogen and oxygen atoms in total. The van der Waals surface area contributed by atoms with Crippen molar-refractivity contribution in [3.8, 4) is 5.75 Å². The number of benzene rings is 2. The Morgan fingerprint density at radius 3 is 2.65 bits per heavy atom. The Balaban J connectivity index is 1.58. The molecule has 0 saturated heterocycles. The summed E-state index contributed by atoms with van der Waals surface area (Å²) in [5.41, 5.74) is 2.23. The van der Waals surface area contributed by atoms with Gasteiger partial charge in [-0.2, -0.15) is 0 Å². The first-order chi connectivity index (χ1) is 16.4. The van der Waals surface area contributed by atoms with Crippen LogP contribution in [0.5, 0.6) is 5.75 Å². The van der Waals surface area contributed by atoms with Crippen molar-refractivity contribution in [2.45, 2.75) is 45.4 Å². The number of likely N-dealkylation sites (N-methyl/N-ethyl adjacent to an activating group) is 1. The molecule has 2 aromatic rings. The van der Waals surface area contributed by atoms with Gasteiger partial charge in [-0.25, -0.2) is 0 Å². The van der Waals surface area contributed by atoms with Gasteiger partial charge in [-0.1, -0.05) is 37.3 Å². The van der Waals surface area contributed by atoms with Crippen LogP contribution in [0.3, 0.4) is 0 Å². The lowest BCUT2D eigenvalue weighted by Gasteiger charge is -2.38. The summed E-state index contributed by atoms with van der Waals surface area (Å²) in [5.74, 6) is 0.439. The molecule has 3 atom stereocenters. The Labute approximate surface area is 201 Å². The van der Waals surface area contributed by atoms with Gasteiger partial charge in [0.1, 0.15) is 11.9 Å². The number of hydrogen-bond donors (Lipinski definition) is 2. The summed E-state index contributed by atoms with van der Waals surface area (Å²) in [6.07, 6.45) is 1.67. The summed E-state index contributed by atoms with van der Waals surface area (Å²) in [6, 6.07) is 15.2. The summed E-state index contributed by atoms with van der Waals surface area (Å²) in [5, 5.41) is 12.8. The van der Waals surface area contributed by atoms with Crippen molar-refractivity contribution in [3.05, 3.63) is 59.7 Å². The summed E-state index contributed by atoms with van der Waals surface area (Å²) in [6.45, 7) is 5.77. The number of fused-ring (bicyclic) bond motifs is 1. The molecule has 2 N–H and O–H groups in total. The number of nitrogens with one attached hydrogen (secondary N) is 1. The largest absolute Gasteiger partial charge is 0.488 e. The van der Waals surface area contributed by atoms with Gasteiger partial charge in [0, 0.05) is 37.2 Å². The van der Waals surface area contributed by atoms with Gasteiger partial charge < -0.3 is 20.1 Å². The zero-order valence-electron chi connectivity index (χ0n) is 20.2. The molecule has 34 heavy (non-hydrogen) atoms. The first kappa shape index (κ1) is 24.2. The van der Waals surface area contributed by atoms with Crippen molar-refractivity contribution in [3.63, 3.8) is 0 Å². The number of nitrogens with zero attached hydrogens (tertiary/aromatic N) is 2. The lowest BCUT2D eigenvalue weighted by Crippen LogP contribution is -2.49. The number of ether oxygens (including phenoxy) is 1. The molecule has 182 valence electrons. The molecule has 0 unspecified atom stereocenters. The van der Waals surface area contributed by atoms with Crippen LogP contribution in [0.25, 0.3) is 0 Å². The SMILES string of the molecule is C[C@@H]1CN([C@H](C)CO)C(=O)c2cc(NC(=O)C3CC3)ccc2O[C@@H]1CN(C)Cc1ccccc1. The molecule has 4 rings (SSSR count). The highest BCUT2D eigenvalue weighted by Crippen LogP contribution is 2.33. The van der Waals surface area contributed by atoms with Crippen LogP contribution in [-0.4, -0.2) is 65.6 Å². The minimum Gasteiger partial charge on any atom is -0.488 e. The van der Waals surface area contributed by atoms with Crippen LogP contribution < -0.4 is 10.1 Å². The van der Waals surface area contributed by atoms with Crippen molar-refractivity contribution in [2.24, 2.45) is 11.8 Å². The average molecular weight is 466 g/mol. The second-order valence-electron chi connectivity index (χ2n) is 9.78. The number of aliphatic hydroxyl groups excluding tert-OH is 1. The number of carbonyl (C=O) groups is 2. The van der Waals surface area contributed by atoms with E-state index >= 15 is 0 Å². The highest BCUT2D eigenvalue weighted by atomic mass is 16.5. The number of hydrogen-bond acceptors (Lipinski definition) is 5. The van der Waals surface area contributed by atoms with Gasteiger partial charge in [0.05, 0.1) is 18.2 Å². The molecule has 0 spiro atoms. The first-order valence-corrected chi connectivity index (χ1v) is 12.1. The monoisotopic (exact) mass is 465 g/mol. The van der Waals surface area contributed by atoms with Crippen LogP contribution in [0.1, 0.15) is 42.6 Å². The van der Waals surface area contributed by atoms with Gasteiger partial charge in [0.2, 0.25) is 5.91 Å². The van der Waals surface area contributed by atoms with Crippen molar-refractivity contribution in [2.75, 3.05) is 32.1 Å². The first-order valence-electron chi connectivity index (χ1n) is 12.1. The van der Waals surface area contributed by atoms with E-state index in [1.54, 1.807) is 23.1 Å². The molecule has 1 fully saturated rings. The number of carbonyl (C=O) groups excluding carboxylic acids is 2. The standard InChI is InChI=1S/C27H35N3O4/c1-18-14-30(19(2)17-31)27(33)23-13-22(28-26(32)21-9-10-21)11-12-24(23)34-25(18)16-29(3)15-20-7-5-4-6-8-20/h4-8,11-13,18-19,21,25,31H,9-10,14-17H2,1-3H3,(H,28,32)/t18-,19-,25-/m1/s1. The normalized spacial score (nSPS) is 21.3. The van der Waals surface area contributed by atoms with Crippen LogP contribution in [-0.2, 0) is 11.3 Å². The zero-order valence-corrected chi connectivity index (χ0v) is 20.2. The quantitative estimate of drug-likeness (QED) is 0.625. The fourth-order valence-corrected chi connectivity index (χ4v) is 4.37. The van der Waals surface area contributed by atoms with Gasteiger partial charge >= 0.3 is 0 Å². The molecule has 2 amide bonds. The fourth-order valence-electron chi connectivity index (χ4n) is 4.37. The van der Waals surface area contributed by atoms with Crippen LogP contribution in [0.15, 0.2) is 48.5 Å². The predicted octanol–water partition coefficient (Wildman–Crippen LogP) is 3.39. The zero-order chi connectivity index (χ0) is 24.2. The lowest BCUT2D eigenvalue weighted by molar-refractivity contribution is -0.117. The number of anilines is 1. The molecule has 2 aliphatic rings. The van der Waals surface area contributed by atoms with Gasteiger partial charge in [0.25, 0.3) is 5.91 Å². The smallest absolute Gasteiger partial charge is 0.258 e. The Bertz CT molecular complexity index is 1010. The van der Waals surface area contributed by atoms with E-state index in [2.05, 4.69) is 36.3 Å². The summed E-state index contributed by atoms with van der Waals surface area (Å²) in [4.78, 5) is 29.7. The fraction of sp³-hybridized carbons (Fsp3) is 0.481. The molecule has 7 heteroatoms. The molecule has 0 radical (unpaired) electrons. The minimum absolute atomic E-state index is 0.00576. The molecule has 0 aromatic heterocycles. The highest BCUT2D eigenvalue weighted by molar-refractivity contribution is 6.00. The van der Waals surface area contributed by atoms with E-state index in [1.807, 2.05) is 25.1 Å². The van der Waals surface area contributed by atoms with Crippen molar-refractivity contribution < 1.29 is 19.4 Å². The van der Waals surface area contributed by atoms with E-state index in [4.69, 9.17) is 4.74 Å². The molecular formula is C27H35N3O4. The van der Waals surface area contributed by atoms with E-state index in [9.17, 15) is 14.7 Å². The lowest BCUT2D eigenvalue weighted by atomic mass is 9.99. The number of aliphatic hydroxyl groups is 1. The van der Waals surface area contributed by atoms with Crippen molar-refractivity contribution in [1.29, 1.82) is 0 Å². The van der Waals surface area contributed by atoms with Crippen LogP contribution in [0.4, 0.5) is 5.69 Å². The van der Waals surface area contributed by atoms with Crippen molar-refractivity contribution >= 4 is 17.5 Å². The maximum absolute atomic E-state index is 13.5. The highest BCUT2D eigenvalue weighted by Gasteiger charge is 2.34. The van der Waals surface area contributed by atoms with Crippen LogP contribution in [0.2, 0.25) is 0 Å². The average Bonchev–Trinajstić information content (AvgIpc) is 3.67. The van der Waals surface area contributed by atoms with Gasteiger partial charge in [0.15, 0.2) is 0 Å². The topological polar surface area (TPSA) is 82.1 Å². The van der Waals surface area contributed by atoms with E-state index < -0.39 is 0 Å². The maximum atomic E-state index is 13.5. The molecule has 0 bridgehead atoms. The van der Waals surface area contributed by atoms with Crippen LogP contribution in [0, 0.1) is 11.8 Å². The summed E-state index contributed by atoms with van der Waals surface area (Å²) in [7, 11) is 2.07. The van der Waals surface area contributed by atoms with Gasteiger partial charge in [-0.15, -0.1) is 0 Å². The minimum atomic E-state index is -0.326. The predicted molar refractivity (Wildman–Crippen MR) is 132 cm³/mol. The van der Waals surface area contributed by atoms with Gasteiger partial charge in [-0.05, 0) is 50.6 Å². The molecule has 1 saturated carbocycles. The van der Waals surface area contributed by atoms with Crippen molar-refractivity contribution in [1.82, 2.24) is 9.80 Å². The summed E-state index contributed by atoms with van der Waals surface area (Å²) >= 11 is 0. The molecule has 2 aromatic carbocycles. The second kappa shape index (κ2) is 10.6. The summed E-state index contributed by atoms with van der Waals surface area (Å²) < 4.78 is 6.45.